The predicted molar refractivity (Wildman–Crippen MR) is 87.1 cm³/mol. The maximum absolute atomic E-state index is 12.3. The van der Waals surface area contributed by atoms with Gasteiger partial charge in [0.1, 0.15) is 0 Å². The summed E-state index contributed by atoms with van der Waals surface area (Å²) in [5, 5.41) is 3.14. The van der Waals surface area contributed by atoms with Gasteiger partial charge in [0.2, 0.25) is 5.91 Å². The number of piperazine rings is 1. The lowest BCUT2D eigenvalue weighted by molar-refractivity contribution is -0.123. The molecule has 0 aromatic rings. The third kappa shape index (κ3) is 4.07. The average molecular weight is 293 g/mol. The van der Waals surface area contributed by atoms with Crippen LogP contribution in [0.3, 0.4) is 0 Å². The Bertz CT molecular complexity index is 404. The molecule has 1 aliphatic heterocycles. The summed E-state index contributed by atoms with van der Waals surface area (Å²) in [7, 11) is 2.16. The van der Waals surface area contributed by atoms with Crippen molar-refractivity contribution in [3.8, 4) is 0 Å². The number of allylic oxidation sites excluding steroid dienone is 2. The maximum atomic E-state index is 12.3. The van der Waals surface area contributed by atoms with E-state index in [2.05, 4.69) is 55.9 Å². The van der Waals surface area contributed by atoms with Crippen LogP contribution in [0.1, 0.15) is 27.7 Å². The van der Waals surface area contributed by atoms with E-state index in [0.717, 1.165) is 39.3 Å². The predicted octanol–water partition coefficient (Wildman–Crippen LogP) is 1.59. The maximum Gasteiger partial charge on any atom is 0.224 e. The largest absolute Gasteiger partial charge is 0.355 e. The molecular weight excluding hydrogens is 262 g/mol. The minimum absolute atomic E-state index is 0.120. The Morgan fingerprint density at radius 2 is 1.86 bits per heavy atom. The van der Waals surface area contributed by atoms with E-state index in [1.807, 2.05) is 0 Å². The van der Waals surface area contributed by atoms with Crippen LogP contribution in [0.15, 0.2) is 11.6 Å². The first-order chi connectivity index (χ1) is 9.82. The van der Waals surface area contributed by atoms with Crippen LogP contribution in [0.5, 0.6) is 0 Å². The fourth-order valence-corrected chi connectivity index (χ4v) is 3.37. The zero-order chi connectivity index (χ0) is 15.6. The molecule has 1 aliphatic carbocycles. The first-order valence-electron chi connectivity index (χ1n) is 8.16. The van der Waals surface area contributed by atoms with Crippen molar-refractivity contribution < 1.29 is 4.79 Å². The second-order valence-electron chi connectivity index (χ2n) is 7.50. The van der Waals surface area contributed by atoms with Gasteiger partial charge in [0.15, 0.2) is 0 Å². The van der Waals surface area contributed by atoms with E-state index in [4.69, 9.17) is 0 Å². The van der Waals surface area contributed by atoms with Crippen molar-refractivity contribution in [3.63, 3.8) is 0 Å². The van der Waals surface area contributed by atoms with E-state index in [-0.39, 0.29) is 17.2 Å². The van der Waals surface area contributed by atoms with Crippen LogP contribution in [-0.4, -0.2) is 62.0 Å². The van der Waals surface area contributed by atoms with E-state index in [1.165, 1.54) is 5.57 Å². The molecule has 4 heteroatoms. The van der Waals surface area contributed by atoms with Gasteiger partial charge < -0.3 is 10.2 Å². The van der Waals surface area contributed by atoms with Crippen molar-refractivity contribution in [3.05, 3.63) is 11.6 Å². The fraction of sp³-hybridized carbons (Fsp3) is 0.824. The van der Waals surface area contributed by atoms with Crippen LogP contribution in [-0.2, 0) is 4.79 Å². The highest BCUT2D eigenvalue weighted by molar-refractivity contribution is 5.83. The molecule has 0 aromatic carbocycles. The summed E-state index contributed by atoms with van der Waals surface area (Å²) in [5.41, 5.74) is 1.43. The summed E-state index contributed by atoms with van der Waals surface area (Å²) in [4.78, 5) is 17.1. The van der Waals surface area contributed by atoms with E-state index in [1.54, 1.807) is 0 Å². The smallest absolute Gasteiger partial charge is 0.224 e. The lowest BCUT2D eigenvalue weighted by atomic mass is 10.1. The second kappa shape index (κ2) is 6.49. The van der Waals surface area contributed by atoms with E-state index in [0.29, 0.717) is 5.92 Å². The number of amides is 1. The SMILES string of the molecule is CC(C)=C[C@H]1[C@H](C(=O)NCCN2CCN(C)CC2)C1(C)C. The minimum Gasteiger partial charge on any atom is -0.355 e. The summed E-state index contributed by atoms with van der Waals surface area (Å²) in [5.74, 6) is 0.794. The first-order valence-corrected chi connectivity index (χ1v) is 8.16. The number of nitrogens with one attached hydrogen (secondary N) is 1. The minimum atomic E-state index is 0.120. The van der Waals surface area contributed by atoms with Gasteiger partial charge in [-0.05, 0) is 32.2 Å². The monoisotopic (exact) mass is 293 g/mol. The van der Waals surface area contributed by atoms with Gasteiger partial charge in [0.25, 0.3) is 0 Å². The lowest BCUT2D eigenvalue weighted by Gasteiger charge is -2.32. The van der Waals surface area contributed by atoms with Gasteiger partial charge in [-0.15, -0.1) is 0 Å². The molecule has 120 valence electrons. The van der Waals surface area contributed by atoms with Gasteiger partial charge in [0, 0.05) is 39.3 Å². The molecule has 1 N–H and O–H groups in total. The number of nitrogens with zero attached hydrogens (tertiary/aromatic N) is 2. The molecule has 0 bridgehead atoms. The number of hydrogen-bond acceptors (Lipinski definition) is 3. The Kier molecular flexibility index (Phi) is 5.10. The standard InChI is InChI=1S/C17H31N3O/c1-13(2)12-14-15(17(14,3)4)16(21)18-6-7-20-10-8-19(5)9-11-20/h12,14-15H,6-11H2,1-5H3,(H,18,21)/t14-,15+/m0/s1. The van der Waals surface area contributed by atoms with E-state index < -0.39 is 0 Å². The Balaban J connectivity index is 1.72. The van der Waals surface area contributed by atoms with Crippen LogP contribution < -0.4 is 5.32 Å². The molecule has 2 aliphatic rings. The molecule has 1 saturated heterocycles. The highest BCUT2D eigenvalue weighted by Crippen LogP contribution is 2.59. The van der Waals surface area contributed by atoms with Crippen molar-refractivity contribution in [1.82, 2.24) is 15.1 Å². The molecule has 1 heterocycles. The number of rotatable bonds is 5. The molecule has 21 heavy (non-hydrogen) atoms. The van der Waals surface area contributed by atoms with Crippen molar-refractivity contribution in [2.75, 3.05) is 46.3 Å². The Labute approximate surface area is 129 Å². The van der Waals surface area contributed by atoms with Crippen LogP contribution >= 0.6 is 0 Å². The third-order valence-corrected chi connectivity index (χ3v) is 5.03. The summed E-state index contributed by atoms with van der Waals surface area (Å²) in [6.07, 6.45) is 2.25. The normalized spacial score (nSPS) is 29.0. The lowest BCUT2D eigenvalue weighted by Crippen LogP contribution is -2.47. The number of carbonyl (C=O) groups excluding carboxylic acids is 1. The summed E-state index contributed by atoms with van der Waals surface area (Å²) in [6.45, 7) is 14.8. The Hall–Kier alpha value is -0.870. The van der Waals surface area contributed by atoms with Crippen LogP contribution in [0, 0.1) is 17.3 Å². The molecule has 1 saturated carbocycles. The Morgan fingerprint density at radius 3 is 2.43 bits per heavy atom. The van der Waals surface area contributed by atoms with Gasteiger partial charge >= 0.3 is 0 Å². The van der Waals surface area contributed by atoms with Crippen molar-refractivity contribution in [2.45, 2.75) is 27.7 Å². The van der Waals surface area contributed by atoms with Gasteiger partial charge in [-0.3, -0.25) is 9.69 Å². The van der Waals surface area contributed by atoms with Gasteiger partial charge in [-0.1, -0.05) is 25.5 Å². The van der Waals surface area contributed by atoms with Crippen molar-refractivity contribution in [1.29, 1.82) is 0 Å². The van der Waals surface area contributed by atoms with Gasteiger partial charge in [-0.25, -0.2) is 0 Å². The third-order valence-electron chi connectivity index (χ3n) is 5.03. The molecule has 2 rings (SSSR count). The summed E-state index contributed by atoms with van der Waals surface area (Å²) >= 11 is 0. The number of likely N-dealkylation sites (N-methyl/N-ethyl adjacent to an activating group) is 1. The molecular formula is C17H31N3O. The molecule has 0 radical (unpaired) electrons. The molecule has 0 spiro atoms. The Morgan fingerprint density at radius 1 is 1.24 bits per heavy atom. The zero-order valence-corrected chi connectivity index (χ0v) is 14.3. The second-order valence-corrected chi connectivity index (χ2v) is 7.50. The molecule has 1 amide bonds. The highest BCUT2D eigenvalue weighted by atomic mass is 16.2. The molecule has 2 atom stereocenters. The van der Waals surface area contributed by atoms with Crippen molar-refractivity contribution in [2.24, 2.45) is 17.3 Å². The van der Waals surface area contributed by atoms with Crippen molar-refractivity contribution >= 4 is 5.91 Å². The molecule has 0 aromatic heterocycles. The number of hydrogen-bond donors (Lipinski definition) is 1. The molecule has 4 nitrogen and oxygen atoms in total. The van der Waals surface area contributed by atoms with Crippen LogP contribution in [0.4, 0.5) is 0 Å². The highest BCUT2D eigenvalue weighted by Gasteiger charge is 2.60. The topological polar surface area (TPSA) is 35.6 Å². The molecule has 2 fully saturated rings. The van der Waals surface area contributed by atoms with Crippen LogP contribution in [0.2, 0.25) is 0 Å². The van der Waals surface area contributed by atoms with E-state index >= 15 is 0 Å². The van der Waals surface area contributed by atoms with Gasteiger partial charge in [-0.2, -0.15) is 0 Å². The quantitative estimate of drug-likeness (QED) is 0.782. The summed E-state index contributed by atoms with van der Waals surface area (Å²) in [6, 6.07) is 0. The van der Waals surface area contributed by atoms with E-state index in [9.17, 15) is 4.79 Å². The van der Waals surface area contributed by atoms with Gasteiger partial charge in [0.05, 0.1) is 5.92 Å². The first kappa shape index (κ1) is 16.5. The van der Waals surface area contributed by atoms with Crippen LogP contribution in [0.25, 0.3) is 0 Å². The fourth-order valence-electron chi connectivity index (χ4n) is 3.37. The molecule has 0 unspecified atom stereocenters. The number of carbonyl (C=O) groups is 1. The summed E-state index contributed by atoms with van der Waals surface area (Å²) < 4.78 is 0. The average Bonchev–Trinajstić information content (AvgIpc) is 2.92. The zero-order valence-electron chi connectivity index (χ0n) is 14.3.